The third kappa shape index (κ3) is 4.10. The summed E-state index contributed by atoms with van der Waals surface area (Å²) in [7, 11) is 2.14. The lowest BCUT2D eigenvalue weighted by Crippen LogP contribution is -2.44. The molecule has 1 fully saturated rings. The van der Waals surface area contributed by atoms with Crippen molar-refractivity contribution in [2.24, 2.45) is 0 Å². The Hall–Kier alpha value is -0.560. The van der Waals surface area contributed by atoms with Gasteiger partial charge in [0, 0.05) is 26.2 Å². The summed E-state index contributed by atoms with van der Waals surface area (Å²) in [6, 6.07) is 0. The molecular formula is C11H20N2O. The van der Waals surface area contributed by atoms with Crippen LogP contribution in [0.2, 0.25) is 0 Å². The molecule has 0 saturated carbocycles. The summed E-state index contributed by atoms with van der Waals surface area (Å²) in [5, 5.41) is 9.23. The van der Waals surface area contributed by atoms with Gasteiger partial charge in [0.05, 0.1) is 6.54 Å². The van der Waals surface area contributed by atoms with Crippen LogP contribution in [-0.2, 0) is 0 Å². The van der Waals surface area contributed by atoms with E-state index in [0.29, 0.717) is 0 Å². The van der Waals surface area contributed by atoms with Crippen LogP contribution in [0.25, 0.3) is 0 Å². The van der Waals surface area contributed by atoms with E-state index in [4.69, 9.17) is 0 Å². The van der Waals surface area contributed by atoms with Crippen LogP contribution in [-0.4, -0.2) is 60.8 Å². The van der Waals surface area contributed by atoms with Crippen LogP contribution >= 0.6 is 0 Å². The van der Waals surface area contributed by atoms with Gasteiger partial charge >= 0.3 is 0 Å². The first kappa shape index (κ1) is 11.5. The van der Waals surface area contributed by atoms with Crippen LogP contribution in [0.15, 0.2) is 0 Å². The molecule has 1 aliphatic rings. The zero-order valence-electron chi connectivity index (χ0n) is 9.16. The Kier molecular flexibility index (Phi) is 4.95. The lowest BCUT2D eigenvalue weighted by molar-refractivity contribution is 0.168. The maximum Gasteiger partial charge on any atom is 0.114 e. The van der Waals surface area contributed by atoms with Crippen molar-refractivity contribution in [3.8, 4) is 11.8 Å². The van der Waals surface area contributed by atoms with Crippen molar-refractivity contribution in [3.63, 3.8) is 0 Å². The second-order valence-corrected chi connectivity index (χ2v) is 3.82. The molecule has 1 saturated heterocycles. The van der Waals surface area contributed by atoms with Crippen molar-refractivity contribution in [3.05, 3.63) is 0 Å². The molecule has 3 nitrogen and oxygen atoms in total. The highest BCUT2D eigenvalue weighted by atomic mass is 16.3. The number of hydrogen-bond donors (Lipinski definition) is 1. The zero-order chi connectivity index (χ0) is 10.4. The van der Waals surface area contributed by atoms with Gasteiger partial charge in [-0.05, 0) is 13.5 Å². The Labute approximate surface area is 86.7 Å². The maximum atomic E-state index is 9.23. The fourth-order valence-electron chi connectivity index (χ4n) is 1.38. The molecule has 1 rings (SSSR count). The topological polar surface area (TPSA) is 26.7 Å². The van der Waals surface area contributed by atoms with Crippen molar-refractivity contribution in [2.45, 2.75) is 19.4 Å². The second kappa shape index (κ2) is 6.02. The van der Waals surface area contributed by atoms with Crippen LogP contribution in [0.5, 0.6) is 0 Å². The molecule has 0 spiro atoms. The van der Waals surface area contributed by atoms with Gasteiger partial charge in [0.15, 0.2) is 0 Å². The SMILES string of the molecule is CC[C@@H](O)C#CCN1CCN(C)CC1. The number of hydrogen-bond acceptors (Lipinski definition) is 3. The van der Waals surface area contributed by atoms with E-state index in [1.165, 1.54) is 0 Å². The number of nitrogens with zero attached hydrogens (tertiary/aromatic N) is 2. The Balaban J connectivity index is 2.20. The molecule has 0 aromatic carbocycles. The van der Waals surface area contributed by atoms with Crippen LogP contribution in [0.1, 0.15) is 13.3 Å². The normalized spacial score (nSPS) is 21.4. The Morgan fingerprint density at radius 1 is 1.29 bits per heavy atom. The molecule has 0 aliphatic carbocycles. The molecule has 1 heterocycles. The fourth-order valence-corrected chi connectivity index (χ4v) is 1.38. The van der Waals surface area contributed by atoms with Gasteiger partial charge in [0.2, 0.25) is 0 Å². The lowest BCUT2D eigenvalue weighted by atomic mass is 10.3. The average molecular weight is 196 g/mol. The minimum absolute atomic E-state index is 0.442. The monoisotopic (exact) mass is 196 g/mol. The summed E-state index contributed by atoms with van der Waals surface area (Å²) >= 11 is 0. The molecule has 0 bridgehead atoms. The van der Waals surface area contributed by atoms with Crippen molar-refractivity contribution >= 4 is 0 Å². The standard InChI is InChI=1S/C11H20N2O/c1-3-11(14)5-4-6-13-9-7-12(2)8-10-13/h11,14H,3,6-10H2,1-2H3/t11-/m1/s1. The Morgan fingerprint density at radius 3 is 2.50 bits per heavy atom. The molecule has 0 aromatic rings. The van der Waals surface area contributed by atoms with Gasteiger partial charge in [-0.15, -0.1) is 0 Å². The fraction of sp³-hybridized carbons (Fsp3) is 0.818. The van der Waals surface area contributed by atoms with Crippen molar-refractivity contribution < 1.29 is 5.11 Å². The van der Waals surface area contributed by atoms with Gasteiger partial charge in [-0.3, -0.25) is 4.90 Å². The summed E-state index contributed by atoms with van der Waals surface area (Å²) in [5.74, 6) is 5.87. The highest BCUT2D eigenvalue weighted by Gasteiger charge is 2.11. The molecule has 1 N–H and O–H groups in total. The van der Waals surface area contributed by atoms with Crippen LogP contribution < -0.4 is 0 Å². The van der Waals surface area contributed by atoms with Crippen molar-refractivity contribution in [1.29, 1.82) is 0 Å². The van der Waals surface area contributed by atoms with E-state index < -0.39 is 6.10 Å². The summed E-state index contributed by atoms with van der Waals surface area (Å²) in [6.07, 6.45) is 0.276. The van der Waals surface area contributed by atoms with E-state index in [2.05, 4.69) is 28.7 Å². The first-order chi connectivity index (χ1) is 6.72. The predicted octanol–water partition coefficient (Wildman–Crippen LogP) is 0.00810. The average Bonchev–Trinajstić information content (AvgIpc) is 2.21. The van der Waals surface area contributed by atoms with Crippen LogP contribution in [0, 0.1) is 11.8 Å². The van der Waals surface area contributed by atoms with Gasteiger partial charge in [-0.2, -0.15) is 0 Å². The molecular weight excluding hydrogens is 176 g/mol. The number of piperazine rings is 1. The van der Waals surface area contributed by atoms with Gasteiger partial charge in [0.25, 0.3) is 0 Å². The van der Waals surface area contributed by atoms with Crippen LogP contribution in [0.4, 0.5) is 0 Å². The number of aliphatic hydroxyl groups excluding tert-OH is 1. The summed E-state index contributed by atoms with van der Waals surface area (Å²) < 4.78 is 0. The molecule has 1 aliphatic heterocycles. The van der Waals surface area contributed by atoms with Gasteiger partial charge < -0.3 is 10.0 Å². The third-order valence-electron chi connectivity index (χ3n) is 2.55. The molecule has 3 heteroatoms. The number of rotatable bonds is 2. The molecule has 80 valence electrons. The van der Waals surface area contributed by atoms with E-state index >= 15 is 0 Å². The first-order valence-corrected chi connectivity index (χ1v) is 5.29. The quantitative estimate of drug-likeness (QED) is 0.630. The summed E-state index contributed by atoms with van der Waals surface area (Å²) in [4.78, 5) is 4.65. The largest absolute Gasteiger partial charge is 0.380 e. The van der Waals surface area contributed by atoms with E-state index in [1.54, 1.807) is 0 Å². The molecule has 0 aromatic heterocycles. The summed E-state index contributed by atoms with van der Waals surface area (Å²) in [5.41, 5.74) is 0. The second-order valence-electron chi connectivity index (χ2n) is 3.82. The van der Waals surface area contributed by atoms with E-state index in [9.17, 15) is 5.11 Å². The molecule has 0 radical (unpaired) electrons. The van der Waals surface area contributed by atoms with Crippen molar-refractivity contribution in [2.75, 3.05) is 39.8 Å². The van der Waals surface area contributed by atoms with Gasteiger partial charge in [0.1, 0.15) is 6.10 Å². The minimum atomic E-state index is -0.442. The van der Waals surface area contributed by atoms with E-state index in [0.717, 1.165) is 39.1 Å². The number of aliphatic hydroxyl groups is 1. The first-order valence-electron chi connectivity index (χ1n) is 5.29. The minimum Gasteiger partial charge on any atom is -0.380 e. The van der Waals surface area contributed by atoms with E-state index in [-0.39, 0.29) is 0 Å². The maximum absolute atomic E-state index is 9.23. The van der Waals surface area contributed by atoms with Crippen molar-refractivity contribution in [1.82, 2.24) is 9.80 Å². The summed E-state index contributed by atoms with van der Waals surface area (Å²) in [6.45, 7) is 7.16. The van der Waals surface area contributed by atoms with Crippen LogP contribution in [0.3, 0.4) is 0 Å². The zero-order valence-corrected chi connectivity index (χ0v) is 9.16. The van der Waals surface area contributed by atoms with Gasteiger partial charge in [-0.1, -0.05) is 18.8 Å². The lowest BCUT2D eigenvalue weighted by Gasteiger charge is -2.30. The smallest absolute Gasteiger partial charge is 0.114 e. The predicted molar refractivity (Wildman–Crippen MR) is 58.0 cm³/mol. The van der Waals surface area contributed by atoms with E-state index in [1.807, 2.05) is 6.92 Å². The Bertz CT molecular complexity index is 211. The highest BCUT2D eigenvalue weighted by Crippen LogP contribution is 1.97. The molecule has 0 unspecified atom stereocenters. The molecule has 1 atom stereocenters. The van der Waals surface area contributed by atoms with Gasteiger partial charge in [-0.25, -0.2) is 0 Å². The Morgan fingerprint density at radius 2 is 1.93 bits per heavy atom. The molecule has 14 heavy (non-hydrogen) atoms. The highest BCUT2D eigenvalue weighted by molar-refractivity contribution is 5.06. The molecule has 0 amide bonds. The number of likely N-dealkylation sites (N-methyl/N-ethyl adjacent to an activating group) is 1. The third-order valence-corrected chi connectivity index (χ3v) is 2.55.